The van der Waals surface area contributed by atoms with Gasteiger partial charge in [0.1, 0.15) is 0 Å². The lowest BCUT2D eigenvalue weighted by Crippen LogP contribution is -2.31. The highest BCUT2D eigenvalue weighted by molar-refractivity contribution is 5.36. The fourth-order valence-corrected chi connectivity index (χ4v) is 2.33. The monoisotopic (exact) mass is 295 g/mol. The topological polar surface area (TPSA) is 81.2 Å². The van der Waals surface area contributed by atoms with E-state index >= 15 is 0 Å². The van der Waals surface area contributed by atoms with E-state index in [1.54, 1.807) is 7.05 Å². The number of nitrogens with one attached hydrogen (secondary N) is 2. The van der Waals surface area contributed by atoms with Crippen LogP contribution in [0, 0.1) is 5.92 Å². The quantitative estimate of drug-likeness (QED) is 0.795. The van der Waals surface area contributed by atoms with E-state index in [0.29, 0.717) is 36.5 Å². The van der Waals surface area contributed by atoms with Crippen LogP contribution in [-0.2, 0) is 4.74 Å². The summed E-state index contributed by atoms with van der Waals surface area (Å²) in [6.07, 6.45) is 3.05. The summed E-state index contributed by atoms with van der Waals surface area (Å²) in [6.45, 7) is 6.47. The van der Waals surface area contributed by atoms with Crippen LogP contribution in [0.15, 0.2) is 0 Å². The Balaban J connectivity index is 2.03. The van der Waals surface area contributed by atoms with Gasteiger partial charge in [-0.2, -0.15) is 15.0 Å². The van der Waals surface area contributed by atoms with Gasteiger partial charge in [0.25, 0.3) is 0 Å². The Morgan fingerprint density at radius 3 is 2.62 bits per heavy atom. The molecule has 1 saturated heterocycles. The predicted octanol–water partition coefficient (Wildman–Crippen LogP) is 1.93. The van der Waals surface area contributed by atoms with Crippen LogP contribution in [0.3, 0.4) is 0 Å². The molecule has 1 aliphatic rings. The van der Waals surface area contributed by atoms with Crippen LogP contribution >= 0.6 is 0 Å². The van der Waals surface area contributed by atoms with Gasteiger partial charge in [-0.15, -0.1) is 0 Å². The van der Waals surface area contributed by atoms with Crippen LogP contribution in [0.25, 0.3) is 0 Å². The normalized spacial score (nSPS) is 17.3. The van der Waals surface area contributed by atoms with Crippen LogP contribution < -0.4 is 15.4 Å². The fourth-order valence-electron chi connectivity index (χ4n) is 2.33. The van der Waals surface area contributed by atoms with Crippen molar-refractivity contribution in [3.63, 3.8) is 0 Å². The van der Waals surface area contributed by atoms with Crippen LogP contribution in [0.2, 0.25) is 0 Å². The third kappa shape index (κ3) is 4.70. The van der Waals surface area contributed by atoms with Crippen molar-refractivity contribution in [2.45, 2.75) is 39.2 Å². The van der Waals surface area contributed by atoms with Gasteiger partial charge in [-0.05, 0) is 32.1 Å². The summed E-state index contributed by atoms with van der Waals surface area (Å²) >= 11 is 0. The van der Waals surface area contributed by atoms with E-state index in [-0.39, 0.29) is 0 Å². The summed E-state index contributed by atoms with van der Waals surface area (Å²) in [5.41, 5.74) is 0. The summed E-state index contributed by atoms with van der Waals surface area (Å²) in [7, 11) is 1.78. The number of anilines is 2. The maximum Gasteiger partial charge on any atom is 0.323 e. The van der Waals surface area contributed by atoms with Gasteiger partial charge < -0.3 is 20.1 Å². The number of hydrogen-bond acceptors (Lipinski definition) is 7. The SMILES string of the molecule is CCCOc1nc(NC)nc(NC(C)C2CCOCC2)n1. The summed E-state index contributed by atoms with van der Waals surface area (Å²) in [6, 6.07) is 0.651. The molecule has 7 nitrogen and oxygen atoms in total. The summed E-state index contributed by atoms with van der Waals surface area (Å²) < 4.78 is 10.9. The summed E-state index contributed by atoms with van der Waals surface area (Å²) in [4.78, 5) is 12.9. The van der Waals surface area contributed by atoms with Crippen molar-refractivity contribution in [3.05, 3.63) is 0 Å². The Morgan fingerprint density at radius 1 is 1.24 bits per heavy atom. The highest BCUT2D eigenvalue weighted by Crippen LogP contribution is 2.21. The standard InChI is InChI=1S/C14H25N5O2/c1-4-7-21-14-18-12(15-3)17-13(19-14)16-10(2)11-5-8-20-9-6-11/h10-11H,4-9H2,1-3H3,(H2,15,16,17,18,19). The molecule has 7 heteroatoms. The zero-order valence-corrected chi connectivity index (χ0v) is 13.1. The maximum atomic E-state index is 5.50. The molecule has 0 radical (unpaired) electrons. The molecule has 21 heavy (non-hydrogen) atoms. The molecule has 0 amide bonds. The largest absolute Gasteiger partial charge is 0.463 e. The van der Waals surface area contributed by atoms with E-state index in [1.807, 2.05) is 6.92 Å². The third-order valence-electron chi connectivity index (χ3n) is 3.60. The van der Waals surface area contributed by atoms with Crippen molar-refractivity contribution in [1.82, 2.24) is 15.0 Å². The average Bonchev–Trinajstić information content (AvgIpc) is 2.53. The second-order valence-corrected chi connectivity index (χ2v) is 5.25. The van der Waals surface area contributed by atoms with Crippen LogP contribution in [0.4, 0.5) is 11.9 Å². The minimum atomic E-state index is 0.292. The zero-order valence-electron chi connectivity index (χ0n) is 13.1. The first-order chi connectivity index (χ1) is 10.2. The van der Waals surface area contributed by atoms with E-state index in [1.165, 1.54) is 0 Å². The molecule has 0 aliphatic carbocycles. The highest BCUT2D eigenvalue weighted by atomic mass is 16.5. The number of aromatic nitrogens is 3. The number of nitrogens with zero attached hydrogens (tertiary/aromatic N) is 3. The Hall–Kier alpha value is -1.63. The van der Waals surface area contributed by atoms with Crippen molar-refractivity contribution in [3.8, 4) is 6.01 Å². The lowest BCUT2D eigenvalue weighted by molar-refractivity contribution is 0.0621. The number of rotatable bonds is 7. The van der Waals surface area contributed by atoms with E-state index in [2.05, 4.69) is 32.5 Å². The second kappa shape index (κ2) is 7.97. The Labute approximate surface area is 125 Å². The molecule has 2 heterocycles. The van der Waals surface area contributed by atoms with E-state index in [4.69, 9.17) is 9.47 Å². The molecule has 0 spiro atoms. The Bertz CT molecular complexity index is 437. The molecule has 2 N–H and O–H groups in total. The minimum Gasteiger partial charge on any atom is -0.463 e. The van der Waals surface area contributed by atoms with Crippen LogP contribution in [0.1, 0.15) is 33.1 Å². The van der Waals surface area contributed by atoms with Crippen molar-refractivity contribution in [2.24, 2.45) is 5.92 Å². The predicted molar refractivity (Wildman–Crippen MR) is 81.8 cm³/mol. The third-order valence-corrected chi connectivity index (χ3v) is 3.60. The first-order valence-electron chi connectivity index (χ1n) is 7.63. The van der Waals surface area contributed by atoms with Gasteiger partial charge in [0, 0.05) is 26.3 Å². The van der Waals surface area contributed by atoms with Gasteiger partial charge in [-0.3, -0.25) is 0 Å². The number of hydrogen-bond donors (Lipinski definition) is 2. The molecule has 118 valence electrons. The molecule has 2 rings (SSSR count). The van der Waals surface area contributed by atoms with E-state index < -0.39 is 0 Å². The minimum absolute atomic E-state index is 0.292. The van der Waals surface area contributed by atoms with Gasteiger partial charge >= 0.3 is 6.01 Å². The van der Waals surface area contributed by atoms with Crippen LogP contribution in [0.5, 0.6) is 6.01 Å². The zero-order chi connectivity index (χ0) is 15.1. The van der Waals surface area contributed by atoms with Crippen LogP contribution in [-0.4, -0.2) is 47.9 Å². The van der Waals surface area contributed by atoms with Gasteiger partial charge in [-0.25, -0.2) is 0 Å². The highest BCUT2D eigenvalue weighted by Gasteiger charge is 2.21. The smallest absolute Gasteiger partial charge is 0.323 e. The molecule has 0 saturated carbocycles. The van der Waals surface area contributed by atoms with Gasteiger partial charge in [0.15, 0.2) is 0 Å². The van der Waals surface area contributed by atoms with Crippen molar-refractivity contribution >= 4 is 11.9 Å². The molecule has 0 bridgehead atoms. The van der Waals surface area contributed by atoms with Gasteiger partial charge in [0.2, 0.25) is 11.9 Å². The summed E-state index contributed by atoms with van der Waals surface area (Å²) in [5, 5.41) is 6.30. The molecular weight excluding hydrogens is 270 g/mol. The first-order valence-corrected chi connectivity index (χ1v) is 7.63. The van der Waals surface area contributed by atoms with Crippen molar-refractivity contribution < 1.29 is 9.47 Å². The Morgan fingerprint density at radius 2 is 1.95 bits per heavy atom. The molecule has 1 unspecified atom stereocenters. The average molecular weight is 295 g/mol. The lowest BCUT2D eigenvalue weighted by atomic mass is 9.93. The van der Waals surface area contributed by atoms with E-state index in [9.17, 15) is 0 Å². The Kier molecular flexibility index (Phi) is 5.98. The maximum absolute atomic E-state index is 5.50. The molecule has 1 aromatic rings. The first kappa shape index (κ1) is 15.8. The molecular formula is C14H25N5O2. The molecule has 0 aromatic carbocycles. The number of ether oxygens (including phenoxy) is 2. The van der Waals surface area contributed by atoms with Crippen molar-refractivity contribution in [1.29, 1.82) is 0 Å². The molecule has 1 aromatic heterocycles. The second-order valence-electron chi connectivity index (χ2n) is 5.25. The molecule has 1 aliphatic heterocycles. The van der Waals surface area contributed by atoms with Gasteiger partial charge in [0.05, 0.1) is 6.61 Å². The lowest BCUT2D eigenvalue weighted by Gasteiger charge is -2.28. The molecule has 1 atom stereocenters. The molecule has 1 fully saturated rings. The fraction of sp³-hybridized carbons (Fsp3) is 0.786. The van der Waals surface area contributed by atoms with Crippen molar-refractivity contribution in [2.75, 3.05) is 37.5 Å². The van der Waals surface area contributed by atoms with E-state index in [0.717, 1.165) is 32.5 Å². The summed E-state index contributed by atoms with van der Waals surface area (Å²) in [5.74, 6) is 1.64. The van der Waals surface area contributed by atoms with Gasteiger partial charge in [-0.1, -0.05) is 6.92 Å².